The molecule has 2 rings (SSSR count). The number of hydrogen-bond acceptors (Lipinski definition) is 3. The maximum Gasteiger partial charge on any atom is 0.389 e. The molecule has 0 aliphatic carbocycles. The van der Waals surface area contributed by atoms with Gasteiger partial charge < -0.3 is 5.32 Å². The maximum absolute atomic E-state index is 12.3. The summed E-state index contributed by atoms with van der Waals surface area (Å²) in [6, 6.07) is 6.49. The lowest BCUT2D eigenvalue weighted by Crippen LogP contribution is -2.15. The Bertz CT molecular complexity index is 611. The van der Waals surface area contributed by atoms with E-state index in [9.17, 15) is 18.0 Å². The van der Waals surface area contributed by atoms with Crippen molar-refractivity contribution in [3.63, 3.8) is 0 Å². The third-order valence-electron chi connectivity index (χ3n) is 3.02. The van der Waals surface area contributed by atoms with Gasteiger partial charge in [0.15, 0.2) is 0 Å². The number of amides is 1. The molecule has 118 valence electrons. The number of H-pyrrole nitrogens is 1. The van der Waals surface area contributed by atoms with E-state index in [1.165, 1.54) is 6.33 Å². The molecule has 1 aromatic carbocycles. The minimum absolute atomic E-state index is 0.165. The van der Waals surface area contributed by atoms with E-state index in [2.05, 4.69) is 20.5 Å². The second-order valence-electron chi connectivity index (χ2n) is 4.75. The Morgan fingerprint density at radius 2 is 2.00 bits per heavy atom. The molecule has 2 aromatic rings. The van der Waals surface area contributed by atoms with Crippen molar-refractivity contribution in [2.75, 3.05) is 5.32 Å². The minimum atomic E-state index is -4.22. The molecule has 0 aliphatic heterocycles. The zero-order valence-corrected chi connectivity index (χ0v) is 11.7. The summed E-state index contributed by atoms with van der Waals surface area (Å²) >= 11 is 0. The number of carbonyl (C=O) groups excluding carboxylic acids is 1. The summed E-state index contributed by atoms with van der Waals surface area (Å²) in [5.41, 5.74) is 0.877. The van der Waals surface area contributed by atoms with Crippen LogP contribution in [0.1, 0.15) is 24.2 Å². The molecule has 0 bridgehead atoms. The molecule has 0 aliphatic rings. The monoisotopic (exact) mass is 312 g/mol. The zero-order chi connectivity index (χ0) is 16.0. The Kier molecular flexibility index (Phi) is 5.13. The third kappa shape index (κ3) is 5.19. The molecular formula is C14H15F3N4O. The number of rotatable bonds is 6. The molecule has 0 spiro atoms. The molecule has 2 N–H and O–H groups in total. The Balaban J connectivity index is 1.92. The molecule has 0 saturated carbocycles. The van der Waals surface area contributed by atoms with Gasteiger partial charge in [-0.25, -0.2) is 4.98 Å². The Morgan fingerprint density at radius 1 is 1.23 bits per heavy atom. The van der Waals surface area contributed by atoms with Crippen LogP contribution in [-0.2, 0) is 17.6 Å². The molecule has 5 nitrogen and oxygen atoms in total. The van der Waals surface area contributed by atoms with Crippen LogP contribution in [0.5, 0.6) is 0 Å². The molecule has 1 amide bonds. The van der Waals surface area contributed by atoms with E-state index in [1.54, 1.807) is 24.3 Å². The summed E-state index contributed by atoms with van der Waals surface area (Å²) in [5.74, 6) is 0.302. The van der Waals surface area contributed by atoms with Crippen molar-refractivity contribution in [3.05, 3.63) is 42.0 Å². The average Bonchev–Trinajstić information content (AvgIpc) is 2.97. The van der Waals surface area contributed by atoms with Crippen molar-refractivity contribution in [2.24, 2.45) is 0 Å². The largest absolute Gasteiger partial charge is 0.389 e. The fourth-order valence-corrected chi connectivity index (χ4v) is 1.93. The van der Waals surface area contributed by atoms with Gasteiger partial charge in [0.25, 0.3) is 0 Å². The van der Waals surface area contributed by atoms with Crippen LogP contribution in [0.15, 0.2) is 30.6 Å². The normalized spacial score (nSPS) is 11.4. The van der Waals surface area contributed by atoms with Crippen LogP contribution in [0, 0.1) is 0 Å². The van der Waals surface area contributed by atoms with Crippen LogP contribution in [0.25, 0.3) is 0 Å². The van der Waals surface area contributed by atoms with Gasteiger partial charge in [0, 0.05) is 24.9 Å². The summed E-state index contributed by atoms with van der Waals surface area (Å²) in [6.07, 6.45) is -3.40. The molecule has 1 aromatic heterocycles. The molecule has 0 radical (unpaired) electrons. The minimum Gasteiger partial charge on any atom is -0.326 e. The number of hydrogen-bond donors (Lipinski definition) is 2. The van der Waals surface area contributed by atoms with E-state index < -0.39 is 12.6 Å². The van der Waals surface area contributed by atoms with Gasteiger partial charge in [-0.15, -0.1) is 0 Å². The number of halogens is 3. The first-order valence-corrected chi connectivity index (χ1v) is 6.73. The number of aromatic amines is 1. The summed E-state index contributed by atoms with van der Waals surface area (Å²) in [4.78, 5) is 15.8. The van der Waals surface area contributed by atoms with Crippen molar-refractivity contribution < 1.29 is 18.0 Å². The Morgan fingerprint density at radius 3 is 2.68 bits per heavy atom. The molecule has 22 heavy (non-hydrogen) atoms. The van der Waals surface area contributed by atoms with Gasteiger partial charge in [-0.05, 0) is 18.1 Å². The van der Waals surface area contributed by atoms with E-state index in [4.69, 9.17) is 0 Å². The topological polar surface area (TPSA) is 70.7 Å². The first-order chi connectivity index (χ1) is 10.4. The van der Waals surface area contributed by atoms with E-state index in [0.29, 0.717) is 23.5 Å². The van der Waals surface area contributed by atoms with Gasteiger partial charge in [0.2, 0.25) is 5.91 Å². The lowest BCUT2D eigenvalue weighted by atomic mass is 10.1. The van der Waals surface area contributed by atoms with Gasteiger partial charge in [0.1, 0.15) is 12.2 Å². The Hall–Kier alpha value is -2.38. The molecular weight excluding hydrogens is 297 g/mol. The molecule has 0 fully saturated rings. The molecule has 1 heterocycles. The highest BCUT2D eigenvalue weighted by atomic mass is 19.4. The number of benzene rings is 1. The second kappa shape index (κ2) is 7.06. The quantitative estimate of drug-likeness (QED) is 0.861. The summed E-state index contributed by atoms with van der Waals surface area (Å²) in [6.45, 7) is 0. The van der Waals surface area contributed by atoms with Gasteiger partial charge in [-0.1, -0.05) is 18.2 Å². The van der Waals surface area contributed by atoms with Crippen molar-refractivity contribution in [2.45, 2.75) is 31.9 Å². The summed E-state index contributed by atoms with van der Waals surface area (Å²) < 4.78 is 36.9. The molecule has 0 saturated heterocycles. The standard InChI is InChI=1S/C14H15F3N4O/c15-14(16,17)8-7-10-3-1-2-4-11(10)20-13(22)6-5-12-18-9-19-21-12/h1-4,9H,5-8H2,(H,20,22)(H,18,19,21). The smallest absolute Gasteiger partial charge is 0.326 e. The van der Waals surface area contributed by atoms with Gasteiger partial charge in [-0.3, -0.25) is 9.89 Å². The lowest BCUT2D eigenvalue weighted by Gasteiger charge is -2.12. The number of anilines is 1. The van der Waals surface area contributed by atoms with E-state index >= 15 is 0 Å². The van der Waals surface area contributed by atoms with E-state index in [0.717, 1.165) is 0 Å². The predicted octanol–water partition coefficient (Wildman–Crippen LogP) is 2.87. The predicted molar refractivity (Wildman–Crippen MR) is 74.2 cm³/mol. The number of carbonyl (C=O) groups is 1. The van der Waals surface area contributed by atoms with E-state index in [1.807, 2.05) is 0 Å². The van der Waals surface area contributed by atoms with Crippen LogP contribution in [0.2, 0.25) is 0 Å². The first kappa shape index (κ1) is 16.0. The number of alkyl halides is 3. The van der Waals surface area contributed by atoms with E-state index in [-0.39, 0.29) is 18.7 Å². The van der Waals surface area contributed by atoms with Crippen molar-refractivity contribution in [1.29, 1.82) is 0 Å². The van der Waals surface area contributed by atoms with Crippen LogP contribution >= 0.6 is 0 Å². The molecule has 8 heteroatoms. The SMILES string of the molecule is O=C(CCc1ncn[nH]1)Nc1ccccc1CCC(F)(F)F. The number of nitrogens with zero attached hydrogens (tertiary/aromatic N) is 2. The maximum atomic E-state index is 12.3. The number of nitrogens with one attached hydrogen (secondary N) is 2. The van der Waals surface area contributed by atoms with Crippen molar-refractivity contribution >= 4 is 11.6 Å². The number of para-hydroxylation sites is 1. The fraction of sp³-hybridized carbons (Fsp3) is 0.357. The van der Waals surface area contributed by atoms with Crippen LogP contribution in [0.4, 0.5) is 18.9 Å². The molecule has 0 atom stereocenters. The van der Waals surface area contributed by atoms with Gasteiger partial charge in [0.05, 0.1) is 0 Å². The lowest BCUT2D eigenvalue weighted by molar-refractivity contribution is -0.133. The second-order valence-corrected chi connectivity index (χ2v) is 4.75. The Labute approximate surface area is 125 Å². The number of aryl methyl sites for hydroxylation is 2. The van der Waals surface area contributed by atoms with Crippen LogP contribution in [0.3, 0.4) is 0 Å². The average molecular weight is 312 g/mol. The van der Waals surface area contributed by atoms with Crippen molar-refractivity contribution in [3.8, 4) is 0 Å². The zero-order valence-electron chi connectivity index (χ0n) is 11.7. The summed E-state index contributed by atoms with van der Waals surface area (Å²) in [7, 11) is 0. The van der Waals surface area contributed by atoms with Gasteiger partial charge in [-0.2, -0.15) is 18.3 Å². The highest BCUT2D eigenvalue weighted by Gasteiger charge is 2.26. The first-order valence-electron chi connectivity index (χ1n) is 6.73. The van der Waals surface area contributed by atoms with Crippen LogP contribution in [-0.4, -0.2) is 27.3 Å². The molecule has 0 unspecified atom stereocenters. The summed E-state index contributed by atoms with van der Waals surface area (Å²) in [5, 5.41) is 8.95. The van der Waals surface area contributed by atoms with Gasteiger partial charge >= 0.3 is 6.18 Å². The van der Waals surface area contributed by atoms with Crippen molar-refractivity contribution in [1.82, 2.24) is 15.2 Å². The number of aromatic nitrogens is 3. The highest BCUT2D eigenvalue weighted by molar-refractivity contribution is 5.91. The fourth-order valence-electron chi connectivity index (χ4n) is 1.93. The van der Waals surface area contributed by atoms with Crippen LogP contribution < -0.4 is 5.32 Å². The third-order valence-corrected chi connectivity index (χ3v) is 3.02. The highest BCUT2D eigenvalue weighted by Crippen LogP contribution is 2.25.